The van der Waals surface area contributed by atoms with Gasteiger partial charge < -0.3 is 9.80 Å². The molecule has 1 atom stereocenters. The molecule has 19 heavy (non-hydrogen) atoms. The Morgan fingerprint density at radius 3 is 2.74 bits per heavy atom. The summed E-state index contributed by atoms with van der Waals surface area (Å²) in [5.74, 6) is -0.0288. The van der Waals surface area contributed by atoms with Gasteiger partial charge in [0.05, 0.1) is 0 Å². The molecule has 1 N–H and O–H groups in total. The number of amides is 4. The number of imide groups is 1. The van der Waals surface area contributed by atoms with Crippen molar-refractivity contribution in [2.75, 3.05) is 19.6 Å². The van der Waals surface area contributed by atoms with Crippen LogP contribution in [-0.2, 0) is 9.59 Å². The van der Waals surface area contributed by atoms with Crippen molar-refractivity contribution < 1.29 is 14.4 Å². The maximum atomic E-state index is 11.9. The van der Waals surface area contributed by atoms with Gasteiger partial charge in [-0.25, -0.2) is 4.79 Å². The Morgan fingerprint density at radius 2 is 2.16 bits per heavy atom. The SMILES string of the molecule is C[C@@H]1CCCN1C(=O)CCCCN1CC(=O)NC1=O. The first-order valence-corrected chi connectivity index (χ1v) is 6.96. The molecule has 106 valence electrons. The summed E-state index contributed by atoms with van der Waals surface area (Å²) < 4.78 is 0. The Hall–Kier alpha value is -1.59. The van der Waals surface area contributed by atoms with Crippen molar-refractivity contribution in [2.24, 2.45) is 0 Å². The van der Waals surface area contributed by atoms with Crippen molar-refractivity contribution in [3.05, 3.63) is 0 Å². The van der Waals surface area contributed by atoms with E-state index >= 15 is 0 Å². The van der Waals surface area contributed by atoms with E-state index in [9.17, 15) is 14.4 Å². The van der Waals surface area contributed by atoms with Crippen LogP contribution in [0.4, 0.5) is 4.79 Å². The quantitative estimate of drug-likeness (QED) is 0.589. The standard InChI is InChI=1S/C13H21N3O3/c1-10-5-4-8-16(10)12(18)6-2-3-7-15-9-11(17)14-13(15)19/h10H,2-9H2,1H3,(H,14,17,19)/t10-/m1/s1. The minimum atomic E-state index is -0.315. The zero-order chi connectivity index (χ0) is 13.8. The van der Waals surface area contributed by atoms with Gasteiger partial charge >= 0.3 is 6.03 Å². The van der Waals surface area contributed by atoms with Crippen molar-refractivity contribution >= 4 is 17.8 Å². The Labute approximate surface area is 113 Å². The van der Waals surface area contributed by atoms with E-state index in [2.05, 4.69) is 12.2 Å². The fourth-order valence-corrected chi connectivity index (χ4v) is 2.69. The first-order valence-electron chi connectivity index (χ1n) is 6.96. The lowest BCUT2D eigenvalue weighted by atomic mass is 10.2. The number of unbranched alkanes of at least 4 members (excludes halogenated alkanes) is 1. The van der Waals surface area contributed by atoms with E-state index in [4.69, 9.17) is 0 Å². The second kappa shape index (κ2) is 6.04. The average molecular weight is 267 g/mol. The molecule has 0 aliphatic carbocycles. The molecular formula is C13H21N3O3. The largest absolute Gasteiger partial charge is 0.340 e. The molecule has 2 aliphatic rings. The van der Waals surface area contributed by atoms with Gasteiger partial charge in [0.2, 0.25) is 11.8 Å². The number of rotatable bonds is 5. The maximum Gasteiger partial charge on any atom is 0.324 e. The predicted molar refractivity (Wildman–Crippen MR) is 69.4 cm³/mol. The highest BCUT2D eigenvalue weighted by Gasteiger charge is 2.26. The highest BCUT2D eigenvalue weighted by molar-refractivity contribution is 6.01. The van der Waals surface area contributed by atoms with Crippen LogP contribution in [0.15, 0.2) is 0 Å². The van der Waals surface area contributed by atoms with Crippen LogP contribution < -0.4 is 5.32 Å². The van der Waals surface area contributed by atoms with Gasteiger partial charge in [-0.05, 0) is 32.6 Å². The topological polar surface area (TPSA) is 69.7 Å². The number of hydrogen-bond donors (Lipinski definition) is 1. The number of carbonyl (C=O) groups excluding carboxylic acids is 3. The van der Waals surface area contributed by atoms with Crippen LogP contribution in [0.2, 0.25) is 0 Å². The van der Waals surface area contributed by atoms with Crippen molar-refractivity contribution in [1.29, 1.82) is 0 Å². The summed E-state index contributed by atoms with van der Waals surface area (Å²) in [5.41, 5.74) is 0. The molecular weight excluding hydrogens is 246 g/mol. The van der Waals surface area contributed by atoms with Gasteiger partial charge in [-0.1, -0.05) is 0 Å². The van der Waals surface area contributed by atoms with E-state index < -0.39 is 0 Å². The van der Waals surface area contributed by atoms with Crippen LogP contribution in [-0.4, -0.2) is 53.3 Å². The molecule has 0 saturated carbocycles. The van der Waals surface area contributed by atoms with Gasteiger partial charge in [0.1, 0.15) is 6.54 Å². The first kappa shape index (κ1) is 13.8. The van der Waals surface area contributed by atoms with E-state index in [1.165, 1.54) is 4.90 Å². The van der Waals surface area contributed by atoms with Crippen LogP contribution in [0.1, 0.15) is 39.0 Å². The van der Waals surface area contributed by atoms with Crippen molar-refractivity contribution in [2.45, 2.75) is 45.1 Å². The van der Waals surface area contributed by atoms with E-state index in [1.807, 2.05) is 4.90 Å². The lowest BCUT2D eigenvalue weighted by Crippen LogP contribution is -2.33. The lowest BCUT2D eigenvalue weighted by molar-refractivity contribution is -0.131. The molecule has 0 spiro atoms. The normalized spacial score (nSPS) is 23.1. The Bertz CT molecular complexity index is 383. The molecule has 0 radical (unpaired) electrons. The van der Waals surface area contributed by atoms with Crippen LogP contribution in [0.25, 0.3) is 0 Å². The Balaban J connectivity index is 1.63. The van der Waals surface area contributed by atoms with E-state index in [1.54, 1.807) is 0 Å². The molecule has 2 rings (SSSR count). The minimum Gasteiger partial charge on any atom is -0.340 e. The maximum absolute atomic E-state index is 11.9. The zero-order valence-electron chi connectivity index (χ0n) is 11.4. The van der Waals surface area contributed by atoms with Crippen molar-refractivity contribution in [3.63, 3.8) is 0 Å². The average Bonchev–Trinajstić information content (AvgIpc) is 2.91. The fraction of sp³-hybridized carbons (Fsp3) is 0.769. The summed E-state index contributed by atoms with van der Waals surface area (Å²) in [4.78, 5) is 37.7. The molecule has 2 fully saturated rings. The summed E-state index contributed by atoms with van der Waals surface area (Å²) >= 11 is 0. The van der Waals surface area contributed by atoms with Gasteiger partial charge in [-0.3, -0.25) is 14.9 Å². The molecule has 0 unspecified atom stereocenters. The van der Waals surface area contributed by atoms with Gasteiger partial charge in [-0.2, -0.15) is 0 Å². The molecule has 6 nitrogen and oxygen atoms in total. The predicted octanol–water partition coefficient (Wildman–Crippen LogP) is 0.719. The van der Waals surface area contributed by atoms with Crippen LogP contribution in [0, 0.1) is 0 Å². The van der Waals surface area contributed by atoms with Gasteiger partial charge in [-0.15, -0.1) is 0 Å². The summed E-state index contributed by atoms with van der Waals surface area (Å²) in [6.07, 6.45) is 4.26. The molecule has 2 heterocycles. The molecule has 0 bridgehead atoms. The Kier molecular flexibility index (Phi) is 4.39. The van der Waals surface area contributed by atoms with E-state index in [0.717, 1.165) is 32.2 Å². The fourth-order valence-electron chi connectivity index (χ4n) is 2.69. The number of likely N-dealkylation sites (tertiary alicyclic amines) is 1. The third kappa shape index (κ3) is 3.45. The van der Waals surface area contributed by atoms with Gasteiger partial charge in [0.25, 0.3) is 0 Å². The second-order valence-electron chi connectivity index (χ2n) is 5.31. The summed E-state index contributed by atoms with van der Waals surface area (Å²) in [6, 6.07) is 0.0546. The molecule has 0 aromatic rings. The molecule has 0 aromatic carbocycles. The number of urea groups is 1. The third-order valence-corrected chi connectivity index (χ3v) is 3.81. The first-order chi connectivity index (χ1) is 9.08. The van der Waals surface area contributed by atoms with Crippen LogP contribution in [0.3, 0.4) is 0 Å². The smallest absolute Gasteiger partial charge is 0.324 e. The summed E-state index contributed by atoms with van der Waals surface area (Å²) in [6.45, 7) is 3.66. The highest BCUT2D eigenvalue weighted by Crippen LogP contribution is 2.18. The number of nitrogens with zero attached hydrogens (tertiary/aromatic N) is 2. The van der Waals surface area contributed by atoms with Gasteiger partial charge in [0, 0.05) is 25.6 Å². The van der Waals surface area contributed by atoms with Crippen molar-refractivity contribution in [1.82, 2.24) is 15.1 Å². The molecule has 6 heteroatoms. The molecule has 4 amide bonds. The third-order valence-electron chi connectivity index (χ3n) is 3.81. The summed E-state index contributed by atoms with van der Waals surface area (Å²) in [5, 5.41) is 2.24. The zero-order valence-corrected chi connectivity index (χ0v) is 11.4. The second-order valence-corrected chi connectivity index (χ2v) is 5.31. The van der Waals surface area contributed by atoms with Crippen molar-refractivity contribution in [3.8, 4) is 0 Å². The molecule has 2 aliphatic heterocycles. The Morgan fingerprint density at radius 1 is 1.37 bits per heavy atom. The lowest BCUT2D eigenvalue weighted by Gasteiger charge is -2.21. The van der Waals surface area contributed by atoms with Crippen LogP contribution >= 0.6 is 0 Å². The van der Waals surface area contributed by atoms with E-state index in [0.29, 0.717) is 19.0 Å². The highest BCUT2D eigenvalue weighted by atomic mass is 16.2. The summed E-state index contributed by atoms with van der Waals surface area (Å²) in [7, 11) is 0. The number of hydrogen-bond acceptors (Lipinski definition) is 3. The minimum absolute atomic E-state index is 0.149. The van der Waals surface area contributed by atoms with Gasteiger partial charge in [0.15, 0.2) is 0 Å². The molecule has 0 aromatic heterocycles. The number of carbonyl (C=O) groups is 3. The number of nitrogens with one attached hydrogen (secondary N) is 1. The molecule has 2 saturated heterocycles. The monoisotopic (exact) mass is 267 g/mol. The van der Waals surface area contributed by atoms with Crippen LogP contribution in [0.5, 0.6) is 0 Å². The van der Waals surface area contributed by atoms with E-state index in [-0.39, 0.29) is 24.4 Å².